The molecule has 2 aliphatic heterocycles. The summed E-state index contributed by atoms with van der Waals surface area (Å²) in [6.45, 7) is 1.70. The molecule has 0 radical (unpaired) electrons. The van der Waals surface area contributed by atoms with E-state index in [4.69, 9.17) is 4.74 Å². The standard InChI is InChI=1S/C18H27N3O6S/c1-12-4-2-3-5-14(12)19-16(22)10-27-18(24)15-6-7-17(23)21(20-15)13-8-9-28(25,26)11-13/h12-14H,2-11H2,1H3,(H,19,22)/t12-,13-,14-/m1/s1. The van der Waals surface area contributed by atoms with Crippen molar-refractivity contribution in [1.82, 2.24) is 10.3 Å². The van der Waals surface area contributed by atoms with E-state index < -0.39 is 28.5 Å². The van der Waals surface area contributed by atoms with Crippen molar-refractivity contribution in [3.05, 3.63) is 0 Å². The maximum Gasteiger partial charge on any atom is 0.355 e. The van der Waals surface area contributed by atoms with Crippen LogP contribution in [-0.4, -0.2) is 67.1 Å². The van der Waals surface area contributed by atoms with Crippen LogP contribution in [0.2, 0.25) is 0 Å². The first-order chi connectivity index (χ1) is 13.2. The van der Waals surface area contributed by atoms with Crippen molar-refractivity contribution in [1.29, 1.82) is 0 Å². The third-order valence-corrected chi connectivity index (χ3v) is 7.39. The Morgan fingerprint density at radius 1 is 1.21 bits per heavy atom. The first-order valence-corrected chi connectivity index (χ1v) is 11.6. The van der Waals surface area contributed by atoms with Crippen molar-refractivity contribution in [2.24, 2.45) is 11.0 Å². The number of hydrogen-bond acceptors (Lipinski definition) is 7. The molecule has 3 atom stereocenters. The molecule has 2 amide bonds. The van der Waals surface area contributed by atoms with Crippen LogP contribution in [0.1, 0.15) is 51.9 Å². The van der Waals surface area contributed by atoms with Gasteiger partial charge in [-0.1, -0.05) is 19.8 Å². The number of hydrogen-bond donors (Lipinski definition) is 1. The van der Waals surface area contributed by atoms with E-state index in [1.807, 2.05) is 0 Å². The van der Waals surface area contributed by atoms with Gasteiger partial charge in [0, 0.05) is 18.9 Å². The molecule has 1 N–H and O–H groups in total. The predicted octanol–water partition coefficient (Wildman–Crippen LogP) is 0.390. The first-order valence-electron chi connectivity index (χ1n) is 9.81. The smallest absolute Gasteiger partial charge is 0.355 e. The summed E-state index contributed by atoms with van der Waals surface area (Å²) in [5.41, 5.74) is 0.0442. The van der Waals surface area contributed by atoms with E-state index in [0.29, 0.717) is 12.3 Å². The Balaban J connectivity index is 1.53. The first kappa shape index (κ1) is 20.8. The van der Waals surface area contributed by atoms with E-state index in [-0.39, 0.29) is 47.9 Å². The molecule has 1 aliphatic carbocycles. The number of hydrazone groups is 1. The van der Waals surface area contributed by atoms with Gasteiger partial charge in [0.05, 0.1) is 17.5 Å². The summed E-state index contributed by atoms with van der Waals surface area (Å²) in [7, 11) is -3.18. The summed E-state index contributed by atoms with van der Waals surface area (Å²) in [6.07, 6.45) is 4.73. The third kappa shape index (κ3) is 5.09. The minimum absolute atomic E-state index is 0.0104. The van der Waals surface area contributed by atoms with E-state index in [2.05, 4.69) is 17.3 Å². The maximum atomic E-state index is 12.3. The fourth-order valence-electron chi connectivity index (χ4n) is 3.97. The Morgan fingerprint density at radius 2 is 1.96 bits per heavy atom. The van der Waals surface area contributed by atoms with Gasteiger partial charge in [-0.15, -0.1) is 0 Å². The highest BCUT2D eigenvalue weighted by molar-refractivity contribution is 7.91. The molecule has 1 saturated carbocycles. The quantitative estimate of drug-likeness (QED) is 0.651. The highest BCUT2D eigenvalue weighted by atomic mass is 32.2. The van der Waals surface area contributed by atoms with E-state index in [1.54, 1.807) is 0 Å². The largest absolute Gasteiger partial charge is 0.451 e. The van der Waals surface area contributed by atoms with Gasteiger partial charge in [0.25, 0.3) is 5.91 Å². The second-order valence-electron chi connectivity index (χ2n) is 7.85. The van der Waals surface area contributed by atoms with Crippen LogP contribution in [0.15, 0.2) is 5.10 Å². The maximum absolute atomic E-state index is 12.3. The molecule has 0 bridgehead atoms. The van der Waals surface area contributed by atoms with E-state index in [0.717, 1.165) is 24.3 Å². The molecule has 28 heavy (non-hydrogen) atoms. The lowest BCUT2D eigenvalue weighted by molar-refractivity contribution is -0.143. The number of esters is 1. The van der Waals surface area contributed by atoms with E-state index >= 15 is 0 Å². The highest BCUT2D eigenvalue weighted by Crippen LogP contribution is 2.24. The summed E-state index contributed by atoms with van der Waals surface area (Å²) < 4.78 is 28.4. The second kappa shape index (κ2) is 8.59. The fraction of sp³-hybridized carbons (Fsp3) is 0.778. The third-order valence-electron chi connectivity index (χ3n) is 5.64. The molecule has 3 aliphatic rings. The molecule has 9 nitrogen and oxygen atoms in total. The van der Waals surface area contributed by atoms with Crippen LogP contribution >= 0.6 is 0 Å². The molecule has 3 rings (SSSR count). The Morgan fingerprint density at radius 3 is 2.64 bits per heavy atom. The zero-order chi connectivity index (χ0) is 20.3. The molecular formula is C18H27N3O6S. The number of nitrogens with one attached hydrogen (secondary N) is 1. The number of carbonyl (C=O) groups excluding carboxylic acids is 3. The summed E-state index contributed by atoms with van der Waals surface area (Å²) in [4.78, 5) is 36.4. The summed E-state index contributed by atoms with van der Waals surface area (Å²) in [6, 6.07) is -0.443. The number of sulfone groups is 1. The normalized spacial score (nSPS) is 29.9. The van der Waals surface area contributed by atoms with Gasteiger partial charge in [0.2, 0.25) is 5.91 Å². The number of ether oxygens (including phenoxy) is 1. The van der Waals surface area contributed by atoms with Gasteiger partial charge in [0.1, 0.15) is 5.71 Å². The number of carbonyl (C=O) groups is 3. The summed E-state index contributed by atoms with van der Waals surface area (Å²) in [5, 5.41) is 8.06. The van der Waals surface area contributed by atoms with Crippen molar-refractivity contribution in [3.8, 4) is 0 Å². The van der Waals surface area contributed by atoms with Gasteiger partial charge >= 0.3 is 5.97 Å². The Hall–Kier alpha value is -1.97. The molecule has 0 spiro atoms. The molecule has 0 aromatic carbocycles. The van der Waals surface area contributed by atoms with Crippen LogP contribution in [-0.2, 0) is 29.0 Å². The van der Waals surface area contributed by atoms with Gasteiger partial charge in [-0.25, -0.2) is 18.2 Å². The van der Waals surface area contributed by atoms with Crippen LogP contribution in [0.3, 0.4) is 0 Å². The lowest BCUT2D eigenvalue weighted by Gasteiger charge is -2.29. The Labute approximate surface area is 164 Å². The Bertz CT molecular complexity index is 778. The molecule has 0 aromatic rings. The van der Waals surface area contributed by atoms with Gasteiger partial charge in [-0.2, -0.15) is 5.10 Å². The summed E-state index contributed by atoms with van der Waals surface area (Å²) >= 11 is 0. The van der Waals surface area contributed by atoms with Crippen LogP contribution in [0, 0.1) is 5.92 Å². The van der Waals surface area contributed by atoms with Crippen LogP contribution < -0.4 is 5.32 Å². The highest BCUT2D eigenvalue weighted by Gasteiger charge is 2.37. The van der Waals surface area contributed by atoms with Crippen molar-refractivity contribution >= 4 is 33.3 Å². The van der Waals surface area contributed by atoms with Crippen LogP contribution in [0.4, 0.5) is 0 Å². The van der Waals surface area contributed by atoms with E-state index in [9.17, 15) is 22.8 Å². The molecule has 156 valence electrons. The number of amides is 2. The minimum Gasteiger partial charge on any atom is -0.451 e. The Kier molecular flexibility index (Phi) is 6.36. The number of rotatable bonds is 5. The average Bonchev–Trinajstić information content (AvgIpc) is 3.01. The topological polar surface area (TPSA) is 122 Å². The zero-order valence-electron chi connectivity index (χ0n) is 16.1. The van der Waals surface area contributed by atoms with Gasteiger partial charge < -0.3 is 10.1 Å². The van der Waals surface area contributed by atoms with Crippen molar-refractivity contribution in [2.75, 3.05) is 18.1 Å². The molecular weight excluding hydrogens is 386 g/mol. The van der Waals surface area contributed by atoms with E-state index in [1.165, 1.54) is 6.42 Å². The molecule has 2 fully saturated rings. The zero-order valence-corrected chi connectivity index (χ0v) is 16.9. The van der Waals surface area contributed by atoms with Gasteiger partial charge in [-0.05, 0) is 25.2 Å². The molecule has 0 aromatic heterocycles. The lowest BCUT2D eigenvalue weighted by Crippen LogP contribution is -2.44. The molecule has 0 unspecified atom stereocenters. The average molecular weight is 413 g/mol. The van der Waals surface area contributed by atoms with Gasteiger partial charge in [-0.3, -0.25) is 9.59 Å². The van der Waals surface area contributed by atoms with Crippen molar-refractivity contribution < 1.29 is 27.5 Å². The van der Waals surface area contributed by atoms with Crippen molar-refractivity contribution in [2.45, 2.75) is 64.0 Å². The minimum atomic E-state index is -3.18. The fourth-order valence-corrected chi connectivity index (χ4v) is 5.66. The van der Waals surface area contributed by atoms with Crippen LogP contribution in [0.25, 0.3) is 0 Å². The van der Waals surface area contributed by atoms with Crippen molar-refractivity contribution in [3.63, 3.8) is 0 Å². The lowest BCUT2D eigenvalue weighted by atomic mass is 9.86. The second-order valence-corrected chi connectivity index (χ2v) is 10.1. The molecule has 2 heterocycles. The monoisotopic (exact) mass is 413 g/mol. The van der Waals surface area contributed by atoms with Gasteiger partial charge in [0.15, 0.2) is 16.4 Å². The predicted molar refractivity (Wildman–Crippen MR) is 101 cm³/mol. The molecule has 1 saturated heterocycles. The number of nitrogens with zero attached hydrogens (tertiary/aromatic N) is 2. The SMILES string of the molecule is C[C@@H]1CCCC[C@H]1NC(=O)COC(=O)C1=NN([C@@H]2CCS(=O)(=O)C2)C(=O)CC1. The molecule has 10 heteroatoms. The summed E-state index contributed by atoms with van der Waals surface area (Å²) in [5.74, 6) is -1.13. The van der Waals surface area contributed by atoms with Crippen LogP contribution in [0.5, 0.6) is 0 Å².